The van der Waals surface area contributed by atoms with Crippen LogP contribution in [0.2, 0.25) is 0 Å². The summed E-state index contributed by atoms with van der Waals surface area (Å²) in [5.74, 6) is -3.98. The molecule has 5 atom stereocenters. The first-order chi connectivity index (χ1) is 25.1. The van der Waals surface area contributed by atoms with E-state index >= 15 is 0 Å². The van der Waals surface area contributed by atoms with Crippen LogP contribution in [0.25, 0.3) is 0 Å². The second-order valence-corrected chi connectivity index (χ2v) is 14.1. The van der Waals surface area contributed by atoms with Gasteiger partial charge in [0.2, 0.25) is 41.4 Å². The predicted molar refractivity (Wildman–Crippen MR) is 201 cm³/mol. The Labute approximate surface area is 315 Å². The number of nitrogens with zero attached hydrogens (tertiary/aromatic N) is 1. The number of rotatable bonds is 23. The highest BCUT2D eigenvalue weighted by Crippen LogP contribution is 2.10. The van der Waals surface area contributed by atoms with Gasteiger partial charge in [-0.1, -0.05) is 62.4 Å². The van der Waals surface area contributed by atoms with Crippen LogP contribution in [0.3, 0.4) is 0 Å². The highest BCUT2D eigenvalue weighted by atomic mass is 32.2. The third-order valence-corrected chi connectivity index (χ3v) is 8.73. The number of hydrogen-bond donors (Lipinski definition) is 7. The van der Waals surface area contributed by atoms with E-state index in [1.807, 2.05) is 20.1 Å². The summed E-state index contributed by atoms with van der Waals surface area (Å²) in [6.45, 7) is 3.27. The molecule has 15 nitrogen and oxygen atoms in total. The smallest absolute Gasteiger partial charge is 0.245 e. The monoisotopic (exact) mass is 752 g/mol. The molecule has 0 bridgehead atoms. The molecule has 0 heterocycles. The minimum atomic E-state index is -1.21. The Morgan fingerprint density at radius 3 is 2.02 bits per heavy atom. The second-order valence-electron chi connectivity index (χ2n) is 13.1. The second kappa shape index (κ2) is 22.7. The van der Waals surface area contributed by atoms with Crippen LogP contribution in [0.5, 0.6) is 0 Å². The van der Waals surface area contributed by atoms with Crippen LogP contribution in [0.1, 0.15) is 50.7 Å². The first kappa shape index (κ1) is 44.0. The molecule has 2 rings (SSSR count). The van der Waals surface area contributed by atoms with E-state index in [0.717, 1.165) is 4.90 Å². The lowest BCUT2D eigenvalue weighted by atomic mass is 10.0. The topological polar surface area (TPSA) is 249 Å². The zero-order valence-corrected chi connectivity index (χ0v) is 31.5. The Bertz CT molecular complexity index is 1530. The van der Waals surface area contributed by atoms with Gasteiger partial charge in [0.1, 0.15) is 24.2 Å². The fourth-order valence-electron chi connectivity index (χ4n) is 5.26. The molecule has 0 aromatic heterocycles. The van der Waals surface area contributed by atoms with E-state index in [1.165, 1.54) is 18.8 Å². The van der Waals surface area contributed by atoms with E-state index in [9.17, 15) is 33.6 Å². The highest BCUT2D eigenvalue weighted by molar-refractivity contribution is 7.98. The lowest BCUT2D eigenvalue weighted by Gasteiger charge is -2.28. The lowest BCUT2D eigenvalue weighted by Crippen LogP contribution is -2.58. The molecule has 7 amide bonds. The van der Waals surface area contributed by atoms with Gasteiger partial charge in [0, 0.05) is 31.9 Å². The number of likely N-dealkylation sites (N-methyl/N-ethyl adjacent to an activating group) is 1. The standard InChI is InChI=1S/C37H52N8O7S/c1-23(2)19-28(35(50)42-27(33(40)48)17-18-53-4)41-32(47)22-45(3)37(52)30(21-25-13-9-6-10-14-25)44-36(51)29(20-24-11-7-5-8-12-24)43-34(49)26(38)15-16-31(39)46/h5-9,11-13,23,26-30H,15-22,38H2,1-4H3,(H2,39,46)(H2,40,48)(H,41,47)(H,42,50)(H,43,49)(H,44,51)/t26-,27-,28-,29-,30-/m0/s1. The van der Waals surface area contributed by atoms with E-state index in [2.05, 4.69) is 33.4 Å². The van der Waals surface area contributed by atoms with Crippen molar-refractivity contribution in [3.8, 4) is 0 Å². The zero-order chi connectivity index (χ0) is 39.5. The van der Waals surface area contributed by atoms with Gasteiger partial charge in [0.05, 0.1) is 12.6 Å². The SMILES string of the molecule is CSCC[C@H](NC(=O)[C@H](CC(C)C)NC(=O)CN(C)C(=O)[C@H](Cc1c#cccc1)NC(=O)[C@H](Cc1ccccc1)NC(=O)[C@@H](N)CCC(N)=O)C(N)=O. The van der Waals surface area contributed by atoms with Crippen molar-refractivity contribution < 1.29 is 33.6 Å². The molecule has 16 heteroatoms. The Balaban J connectivity index is 2.27. The van der Waals surface area contributed by atoms with Crippen molar-refractivity contribution in [1.82, 2.24) is 26.2 Å². The number of carbonyl (C=O) groups is 7. The molecule has 288 valence electrons. The first-order valence-corrected chi connectivity index (χ1v) is 18.7. The van der Waals surface area contributed by atoms with Gasteiger partial charge < -0.3 is 43.4 Å². The van der Waals surface area contributed by atoms with Crippen molar-refractivity contribution in [3.63, 3.8) is 0 Å². The van der Waals surface area contributed by atoms with Crippen LogP contribution in [-0.4, -0.2) is 102 Å². The highest BCUT2D eigenvalue weighted by Gasteiger charge is 2.32. The average molecular weight is 753 g/mol. The largest absolute Gasteiger partial charge is 0.370 e. The molecule has 0 unspecified atom stereocenters. The van der Waals surface area contributed by atoms with Crippen molar-refractivity contribution in [1.29, 1.82) is 0 Å². The minimum absolute atomic E-state index is 0.0100. The number of benzene rings is 1. The number of thioether (sulfide) groups is 1. The van der Waals surface area contributed by atoms with Gasteiger partial charge in [-0.15, -0.1) is 0 Å². The van der Waals surface area contributed by atoms with E-state index < -0.39 is 78.1 Å². The summed E-state index contributed by atoms with van der Waals surface area (Å²) >= 11 is 1.49. The summed E-state index contributed by atoms with van der Waals surface area (Å²) in [4.78, 5) is 91.6. The van der Waals surface area contributed by atoms with Crippen molar-refractivity contribution in [2.24, 2.45) is 23.1 Å². The van der Waals surface area contributed by atoms with Crippen LogP contribution >= 0.6 is 11.8 Å². The molecular formula is C37H52N8O7S. The van der Waals surface area contributed by atoms with Crippen molar-refractivity contribution in [2.45, 2.75) is 82.6 Å². The van der Waals surface area contributed by atoms with Crippen LogP contribution < -0.4 is 38.5 Å². The summed E-state index contributed by atoms with van der Waals surface area (Å²) in [7, 11) is 1.38. The first-order valence-electron chi connectivity index (χ1n) is 17.3. The number of amides is 7. The van der Waals surface area contributed by atoms with E-state index in [1.54, 1.807) is 48.5 Å². The molecule has 2 aromatic rings. The maximum absolute atomic E-state index is 13.9. The van der Waals surface area contributed by atoms with Gasteiger partial charge in [-0.05, 0) is 54.9 Å². The zero-order valence-electron chi connectivity index (χ0n) is 30.7. The van der Waals surface area contributed by atoms with Crippen molar-refractivity contribution >= 4 is 53.1 Å². The predicted octanol–water partition coefficient (Wildman–Crippen LogP) is -0.653. The van der Waals surface area contributed by atoms with Gasteiger partial charge in [-0.2, -0.15) is 11.8 Å². The summed E-state index contributed by atoms with van der Waals surface area (Å²) in [6, 6.07) is 14.2. The molecule has 0 spiro atoms. The van der Waals surface area contributed by atoms with Gasteiger partial charge in [-0.25, -0.2) is 0 Å². The molecule has 10 N–H and O–H groups in total. The van der Waals surface area contributed by atoms with E-state index in [-0.39, 0.29) is 38.0 Å². The number of carbonyl (C=O) groups excluding carboxylic acids is 7. The summed E-state index contributed by atoms with van der Waals surface area (Å²) < 4.78 is 0. The third kappa shape index (κ3) is 16.4. The third-order valence-electron chi connectivity index (χ3n) is 8.09. The molecule has 0 saturated carbocycles. The van der Waals surface area contributed by atoms with Gasteiger partial charge in [-0.3, -0.25) is 33.6 Å². The summed E-state index contributed by atoms with van der Waals surface area (Å²) in [5, 5.41) is 10.7. The number of hydrogen-bond acceptors (Lipinski definition) is 9. The number of primary amides is 2. The Morgan fingerprint density at radius 1 is 0.792 bits per heavy atom. The van der Waals surface area contributed by atoms with Gasteiger partial charge in [0.15, 0.2) is 0 Å². The fraction of sp³-hybridized carbons (Fsp3) is 0.486. The molecule has 0 aliphatic carbocycles. The molecule has 53 heavy (non-hydrogen) atoms. The molecular weight excluding hydrogens is 701 g/mol. The molecule has 0 aliphatic heterocycles. The summed E-state index contributed by atoms with van der Waals surface area (Å²) in [6.07, 6.45) is 2.31. The van der Waals surface area contributed by atoms with E-state index in [4.69, 9.17) is 17.2 Å². The Hall–Kier alpha value is -5.14. The minimum Gasteiger partial charge on any atom is -0.370 e. The quantitative estimate of drug-likeness (QED) is 0.0761. The normalized spacial score (nSPS) is 13.6. The maximum atomic E-state index is 13.9. The fourth-order valence-corrected chi connectivity index (χ4v) is 5.73. The van der Waals surface area contributed by atoms with Crippen molar-refractivity contribution in [3.05, 3.63) is 71.8 Å². The molecule has 2 aromatic carbocycles. The van der Waals surface area contributed by atoms with Gasteiger partial charge >= 0.3 is 0 Å². The Kier molecular flexibility index (Phi) is 18.9. The molecule has 0 saturated heterocycles. The Morgan fingerprint density at radius 2 is 1.43 bits per heavy atom. The molecule has 0 aliphatic rings. The van der Waals surface area contributed by atoms with Crippen LogP contribution in [-0.2, 0) is 46.4 Å². The van der Waals surface area contributed by atoms with Crippen LogP contribution in [0, 0.1) is 18.1 Å². The molecule has 0 fully saturated rings. The lowest BCUT2D eigenvalue weighted by molar-refractivity contribution is -0.139. The number of nitrogens with one attached hydrogen (secondary N) is 4. The molecule has 0 radical (unpaired) electrons. The maximum Gasteiger partial charge on any atom is 0.245 e. The van der Waals surface area contributed by atoms with Crippen molar-refractivity contribution in [2.75, 3.05) is 25.6 Å². The van der Waals surface area contributed by atoms with Gasteiger partial charge in [0.25, 0.3) is 0 Å². The van der Waals surface area contributed by atoms with E-state index in [0.29, 0.717) is 23.3 Å². The number of nitrogens with two attached hydrogens (primary N) is 3. The van der Waals surface area contributed by atoms with Crippen LogP contribution in [0.15, 0.2) is 48.5 Å². The average Bonchev–Trinajstić information content (AvgIpc) is 3.11. The van der Waals surface area contributed by atoms with Crippen LogP contribution in [0.4, 0.5) is 0 Å². The summed E-state index contributed by atoms with van der Waals surface area (Å²) in [5.41, 5.74) is 17.9.